The van der Waals surface area contributed by atoms with E-state index < -0.39 is 47.9 Å². The molecule has 2 rings (SSSR count). The molecule has 4 unspecified atom stereocenters. The molecule has 12 nitrogen and oxygen atoms in total. The van der Waals surface area contributed by atoms with Crippen LogP contribution in [0.4, 0.5) is 0 Å². The fourth-order valence-electron chi connectivity index (χ4n) is 4.35. The number of amides is 3. The van der Waals surface area contributed by atoms with E-state index in [1.807, 2.05) is 30.3 Å². The molecule has 12 heteroatoms. The van der Waals surface area contributed by atoms with E-state index >= 15 is 0 Å². The summed E-state index contributed by atoms with van der Waals surface area (Å²) in [5.74, 6) is -2.98. The highest BCUT2D eigenvalue weighted by Crippen LogP contribution is 2.12. The average Bonchev–Trinajstić information content (AvgIpc) is 2.97. The van der Waals surface area contributed by atoms with Gasteiger partial charge in [0.25, 0.3) is 0 Å². The zero-order valence-electron chi connectivity index (χ0n) is 23.8. The molecule has 0 heterocycles. The summed E-state index contributed by atoms with van der Waals surface area (Å²) in [7, 11) is 0. The number of rotatable bonds is 19. The number of carboxylic acids is 1. The highest BCUT2D eigenvalue weighted by molar-refractivity contribution is 5.94. The van der Waals surface area contributed by atoms with E-state index in [1.165, 1.54) is 12.1 Å². The van der Waals surface area contributed by atoms with Crippen molar-refractivity contribution in [3.63, 3.8) is 0 Å². The molecular formula is C30H44N6O6. The number of carbonyl (C=O) groups is 4. The third-order valence-electron chi connectivity index (χ3n) is 6.79. The number of nitrogens with two attached hydrogens (primary N) is 3. The summed E-state index contributed by atoms with van der Waals surface area (Å²) in [6.07, 6.45) is 3.24. The fraction of sp³-hybridized carbons (Fsp3) is 0.467. The standard InChI is InChI=1S/C30H44N6O6/c31-16-6-4-10-23(33)27(38)35-25(18-20-8-2-1-3-9-20)29(40)34-24(11-5-7-17-32)28(39)36-26(30(41)42)19-21-12-14-22(37)15-13-21/h1-3,8-9,12-15,23-26,37H,4-7,10-11,16-19,31-33H2,(H,34,40)(H,35,38)(H,36,39)(H,41,42). The third-order valence-corrected chi connectivity index (χ3v) is 6.79. The number of hydrogen-bond acceptors (Lipinski definition) is 8. The summed E-state index contributed by atoms with van der Waals surface area (Å²) >= 11 is 0. The monoisotopic (exact) mass is 584 g/mol. The Labute approximate surface area is 246 Å². The molecule has 2 aromatic carbocycles. The normalized spacial score (nSPS) is 13.8. The van der Waals surface area contributed by atoms with E-state index in [0.717, 1.165) is 12.0 Å². The van der Waals surface area contributed by atoms with E-state index in [1.54, 1.807) is 12.1 Å². The van der Waals surface area contributed by atoms with Gasteiger partial charge in [-0.15, -0.1) is 0 Å². The highest BCUT2D eigenvalue weighted by Gasteiger charge is 2.30. The van der Waals surface area contributed by atoms with Gasteiger partial charge in [-0.2, -0.15) is 0 Å². The van der Waals surface area contributed by atoms with Gasteiger partial charge in [0.2, 0.25) is 17.7 Å². The quantitative estimate of drug-likeness (QED) is 0.106. The minimum absolute atomic E-state index is 0.0282. The lowest BCUT2D eigenvalue weighted by atomic mass is 10.0. The van der Waals surface area contributed by atoms with Gasteiger partial charge in [0.1, 0.15) is 23.9 Å². The van der Waals surface area contributed by atoms with Crippen LogP contribution in [-0.2, 0) is 32.0 Å². The van der Waals surface area contributed by atoms with E-state index in [4.69, 9.17) is 17.2 Å². The largest absolute Gasteiger partial charge is 0.508 e. The van der Waals surface area contributed by atoms with Crippen molar-refractivity contribution in [3.8, 4) is 5.75 Å². The van der Waals surface area contributed by atoms with Crippen LogP contribution in [0.1, 0.15) is 49.7 Å². The highest BCUT2D eigenvalue weighted by atomic mass is 16.4. The zero-order chi connectivity index (χ0) is 30.9. The zero-order valence-corrected chi connectivity index (χ0v) is 23.8. The van der Waals surface area contributed by atoms with Gasteiger partial charge in [0.15, 0.2) is 0 Å². The maximum absolute atomic E-state index is 13.5. The molecule has 0 saturated carbocycles. The summed E-state index contributed by atoms with van der Waals surface area (Å²) in [5.41, 5.74) is 18.6. The second kappa shape index (κ2) is 18.4. The Bertz CT molecular complexity index is 1130. The Morgan fingerprint density at radius 2 is 1.14 bits per heavy atom. The maximum atomic E-state index is 13.5. The summed E-state index contributed by atoms with van der Waals surface area (Å²) in [6, 6.07) is 10.9. The van der Waals surface area contributed by atoms with Crippen LogP contribution in [0.25, 0.3) is 0 Å². The van der Waals surface area contributed by atoms with Gasteiger partial charge in [0.05, 0.1) is 6.04 Å². The number of carbonyl (C=O) groups excluding carboxylic acids is 3. The third kappa shape index (κ3) is 12.2. The number of phenolic OH excluding ortho intramolecular Hbond substituents is 1. The van der Waals surface area contributed by atoms with E-state index in [9.17, 15) is 29.4 Å². The van der Waals surface area contributed by atoms with Crippen molar-refractivity contribution in [2.45, 2.75) is 75.5 Å². The minimum atomic E-state index is -1.28. The van der Waals surface area contributed by atoms with Crippen LogP contribution in [0, 0.1) is 0 Å². The summed E-state index contributed by atoms with van der Waals surface area (Å²) in [4.78, 5) is 51.7. The van der Waals surface area contributed by atoms with E-state index in [0.29, 0.717) is 44.3 Å². The van der Waals surface area contributed by atoms with Crippen LogP contribution in [0.5, 0.6) is 5.75 Å². The molecule has 0 bridgehead atoms. The van der Waals surface area contributed by atoms with E-state index in [2.05, 4.69) is 16.0 Å². The molecule has 230 valence electrons. The Balaban J connectivity index is 2.20. The van der Waals surface area contributed by atoms with Crippen LogP contribution < -0.4 is 33.2 Å². The number of carboxylic acid groups (broad SMARTS) is 1. The lowest BCUT2D eigenvalue weighted by Crippen LogP contribution is -2.57. The number of aliphatic carboxylic acids is 1. The number of hydrogen-bond donors (Lipinski definition) is 8. The van der Waals surface area contributed by atoms with Crippen molar-refractivity contribution >= 4 is 23.7 Å². The molecule has 0 aliphatic heterocycles. The van der Waals surface area contributed by atoms with Crippen molar-refractivity contribution in [2.75, 3.05) is 13.1 Å². The molecule has 0 aromatic heterocycles. The van der Waals surface area contributed by atoms with Gasteiger partial charge in [-0.3, -0.25) is 14.4 Å². The second-order valence-electron chi connectivity index (χ2n) is 10.3. The molecule has 0 aliphatic carbocycles. The van der Waals surface area contributed by atoms with Crippen molar-refractivity contribution in [3.05, 3.63) is 65.7 Å². The Morgan fingerprint density at radius 1 is 0.643 bits per heavy atom. The van der Waals surface area contributed by atoms with Crippen LogP contribution in [-0.4, -0.2) is 71.2 Å². The Kier molecular flexibility index (Phi) is 15.0. The van der Waals surface area contributed by atoms with Crippen LogP contribution >= 0.6 is 0 Å². The first-order valence-electron chi connectivity index (χ1n) is 14.3. The maximum Gasteiger partial charge on any atom is 0.326 e. The van der Waals surface area contributed by atoms with Gasteiger partial charge in [0, 0.05) is 12.8 Å². The molecular weight excluding hydrogens is 540 g/mol. The lowest BCUT2D eigenvalue weighted by molar-refractivity contribution is -0.142. The van der Waals surface area contributed by atoms with Crippen molar-refractivity contribution in [1.82, 2.24) is 16.0 Å². The predicted molar refractivity (Wildman–Crippen MR) is 159 cm³/mol. The molecule has 0 radical (unpaired) electrons. The van der Waals surface area contributed by atoms with Gasteiger partial charge in [-0.25, -0.2) is 4.79 Å². The minimum Gasteiger partial charge on any atom is -0.508 e. The predicted octanol–water partition coefficient (Wildman–Crippen LogP) is 0.302. The smallest absolute Gasteiger partial charge is 0.326 e. The number of benzene rings is 2. The molecule has 0 spiro atoms. The lowest BCUT2D eigenvalue weighted by Gasteiger charge is -2.25. The SMILES string of the molecule is NCCCCC(N)C(=O)NC(Cc1ccccc1)C(=O)NC(CCCCN)C(=O)NC(Cc1ccc(O)cc1)C(=O)O. The molecule has 0 fully saturated rings. The van der Waals surface area contributed by atoms with Crippen molar-refractivity contribution < 1.29 is 29.4 Å². The van der Waals surface area contributed by atoms with Crippen molar-refractivity contribution in [2.24, 2.45) is 17.2 Å². The van der Waals surface area contributed by atoms with Gasteiger partial charge >= 0.3 is 5.97 Å². The first-order valence-corrected chi connectivity index (χ1v) is 14.3. The van der Waals surface area contributed by atoms with Gasteiger partial charge in [-0.1, -0.05) is 48.9 Å². The molecule has 4 atom stereocenters. The molecule has 3 amide bonds. The molecule has 0 saturated heterocycles. The first-order chi connectivity index (χ1) is 20.1. The van der Waals surface area contributed by atoms with Crippen LogP contribution in [0.15, 0.2) is 54.6 Å². The Morgan fingerprint density at radius 3 is 1.74 bits per heavy atom. The number of unbranched alkanes of at least 4 members (excludes halogenated alkanes) is 2. The van der Waals surface area contributed by atoms with E-state index in [-0.39, 0.29) is 25.0 Å². The fourth-order valence-corrected chi connectivity index (χ4v) is 4.35. The topological polar surface area (TPSA) is 223 Å². The molecule has 42 heavy (non-hydrogen) atoms. The molecule has 0 aliphatic rings. The van der Waals surface area contributed by atoms with Crippen molar-refractivity contribution in [1.29, 1.82) is 0 Å². The number of phenols is 1. The van der Waals surface area contributed by atoms with Gasteiger partial charge < -0.3 is 43.4 Å². The Hall–Kier alpha value is -4.00. The first kappa shape index (κ1) is 34.2. The number of nitrogens with one attached hydrogen (secondary N) is 3. The molecule has 11 N–H and O–H groups in total. The van der Waals surface area contributed by atoms with Gasteiger partial charge in [-0.05, 0) is 68.5 Å². The summed E-state index contributed by atoms with van der Waals surface area (Å²) in [6.45, 7) is 0.869. The van der Waals surface area contributed by atoms with Crippen LogP contribution in [0.3, 0.4) is 0 Å². The number of aromatic hydroxyl groups is 1. The molecule has 2 aromatic rings. The average molecular weight is 585 g/mol. The summed E-state index contributed by atoms with van der Waals surface area (Å²) in [5, 5.41) is 27.2. The second-order valence-corrected chi connectivity index (χ2v) is 10.3. The van der Waals surface area contributed by atoms with Crippen LogP contribution in [0.2, 0.25) is 0 Å². The summed E-state index contributed by atoms with van der Waals surface area (Å²) < 4.78 is 0.